The monoisotopic (exact) mass is 358 g/mol. The average Bonchev–Trinajstić information content (AvgIpc) is 3.30. The lowest BCUT2D eigenvalue weighted by molar-refractivity contribution is -0.143. The van der Waals surface area contributed by atoms with Gasteiger partial charge >= 0.3 is 5.97 Å². The molecule has 0 bridgehead atoms. The number of rotatable bonds is 6. The molecule has 2 aromatic heterocycles. The molecule has 0 aliphatic heterocycles. The van der Waals surface area contributed by atoms with Gasteiger partial charge in [-0.1, -0.05) is 36.4 Å². The first-order chi connectivity index (χ1) is 11.7. The number of carbonyl (C=O) groups excluding carboxylic acids is 2. The lowest BCUT2D eigenvalue weighted by atomic mass is 10.2. The summed E-state index contributed by atoms with van der Waals surface area (Å²) in [6.45, 7) is -0.0660. The molecule has 7 heteroatoms. The Morgan fingerprint density at radius 3 is 2.67 bits per heavy atom. The molecule has 0 fully saturated rings. The second-order valence-electron chi connectivity index (χ2n) is 4.83. The molecule has 122 valence electrons. The van der Waals surface area contributed by atoms with E-state index in [0.29, 0.717) is 10.6 Å². The van der Waals surface area contributed by atoms with E-state index in [9.17, 15) is 9.59 Å². The number of hydrogen-bond acceptors (Lipinski definition) is 6. The van der Waals surface area contributed by atoms with Gasteiger partial charge in [-0.15, -0.1) is 22.7 Å². The first-order valence-electron chi connectivity index (χ1n) is 7.19. The zero-order valence-electron chi connectivity index (χ0n) is 12.6. The van der Waals surface area contributed by atoms with Crippen molar-refractivity contribution >= 4 is 34.6 Å². The summed E-state index contributed by atoms with van der Waals surface area (Å²) in [7, 11) is 0. The quantitative estimate of drug-likeness (QED) is 0.686. The van der Waals surface area contributed by atoms with E-state index in [-0.39, 0.29) is 19.1 Å². The Hall–Kier alpha value is -2.51. The summed E-state index contributed by atoms with van der Waals surface area (Å²) in [4.78, 5) is 28.4. The van der Waals surface area contributed by atoms with E-state index in [0.717, 1.165) is 10.6 Å². The van der Waals surface area contributed by atoms with Crippen molar-refractivity contribution in [3.05, 3.63) is 63.8 Å². The van der Waals surface area contributed by atoms with Gasteiger partial charge in [0.25, 0.3) is 5.91 Å². The number of ether oxygens (including phenoxy) is 1. The maximum absolute atomic E-state index is 11.7. The van der Waals surface area contributed by atoms with Gasteiger partial charge in [0.2, 0.25) is 0 Å². The third-order valence-electron chi connectivity index (χ3n) is 3.09. The summed E-state index contributed by atoms with van der Waals surface area (Å²) in [5, 5.41) is 7.08. The Morgan fingerprint density at radius 2 is 1.92 bits per heavy atom. The van der Waals surface area contributed by atoms with Crippen LogP contribution in [0.1, 0.15) is 15.4 Å². The van der Waals surface area contributed by atoms with Crippen LogP contribution in [-0.4, -0.2) is 23.4 Å². The van der Waals surface area contributed by atoms with Gasteiger partial charge in [-0.25, -0.2) is 4.98 Å². The molecule has 0 radical (unpaired) electrons. The molecule has 3 rings (SSSR count). The van der Waals surface area contributed by atoms with Crippen molar-refractivity contribution in [2.24, 2.45) is 0 Å². The molecule has 5 nitrogen and oxygen atoms in total. The molecule has 1 N–H and O–H groups in total. The molecule has 0 saturated heterocycles. The maximum atomic E-state index is 11.7. The third kappa shape index (κ3) is 4.27. The fourth-order valence-corrected chi connectivity index (χ4v) is 3.39. The molecule has 0 spiro atoms. The van der Waals surface area contributed by atoms with E-state index in [1.54, 1.807) is 17.5 Å². The minimum absolute atomic E-state index is 0.0943. The minimum Gasteiger partial charge on any atom is -0.458 e. The third-order valence-corrected chi connectivity index (χ3v) is 4.90. The number of esters is 1. The largest absolute Gasteiger partial charge is 0.458 e. The smallest absolute Gasteiger partial charge is 0.325 e. The van der Waals surface area contributed by atoms with Crippen LogP contribution in [0.3, 0.4) is 0 Å². The first kappa shape index (κ1) is 16.4. The average molecular weight is 358 g/mol. The van der Waals surface area contributed by atoms with Crippen LogP contribution in [0, 0.1) is 0 Å². The summed E-state index contributed by atoms with van der Waals surface area (Å²) in [5.74, 6) is -0.767. The molecular weight excluding hydrogens is 344 g/mol. The van der Waals surface area contributed by atoms with Crippen molar-refractivity contribution in [2.45, 2.75) is 6.61 Å². The van der Waals surface area contributed by atoms with Gasteiger partial charge in [-0.3, -0.25) is 9.59 Å². The standard InChI is InChI=1S/C17H14N2O3S2/c20-15(9-18-16(21)14-7-4-8-23-14)22-10-13-11-24-17(19-13)12-5-2-1-3-6-12/h1-8,11H,9-10H2,(H,18,21). The summed E-state index contributed by atoms with van der Waals surface area (Å²) < 4.78 is 5.14. The lowest BCUT2D eigenvalue weighted by Gasteiger charge is -2.04. The normalized spacial score (nSPS) is 10.3. The van der Waals surface area contributed by atoms with E-state index in [1.807, 2.05) is 35.7 Å². The second-order valence-corrected chi connectivity index (χ2v) is 6.64. The van der Waals surface area contributed by atoms with Gasteiger partial charge in [-0.2, -0.15) is 0 Å². The van der Waals surface area contributed by atoms with Crippen molar-refractivity contribution in [3.8, 4) is 10.6 Å². The topological polar surface area (TPSA) is 68.3 Å². The number of benzene rings is 1. The number of nitrogens with zero attached hydrogens (tertiary/aromatic N) is 1. The minimum atomic E-state index is -0.492. The van der Waals surface area contributed by atoms with Crippen LogP contribution in [0.25, 0.3) is 10.6 Å². The fourth-order valence-electron chi connectivity index (χ4n) is 1.94. The Bertz CT molecular complexity index is 814. The van der Waals surface area contributed by atoms with Gasteiger partial charge in [0, 0.05) is 10.9 Å². The zero-order chi connectivity index (χ0) is 16.8. The molecule has 2 heterocycles. The highest BCUT2D eigenvalue weighted by Gasteiger charge is 2.11. The lowest BCUT2D eigenvalue weighted by Crippen LogP contribution is -2.30. The highest BCUT2D eigenvalue weighted by molar-refractivity contribution is 7.13. The van der Waals surface area contributed by atoms with Gasteiger partial charge in [0.15, 0.2) is 0 Å². The summed E-state index contributed by atoms with van der Waals surface area (Å²) in [6.07, 6.45) is 0. The Morgan fingerprint density at radius 1 is 1.08 bits per heavy atom. The Kier molecular flexibility index (Phi) is 5.35. The van der Waals surface area contributed by atoms with Gasteiger partial charge in [0.05, 0.1) is 10.6 Å². The van der Waals surface area contributed by atoms with Crippen LogP contribution in [0.5, 0.6) is 0 Å². The Balaban J connectivity index is 1.46. The van der Waals surface area contributed by atoms with Gasteiger partial charge in [-0.05, 0) is 11.4 Å². The molecule has 1 amide bonds. The van der Waals surface area contributed by atoms with E-state index in [4.69, 9.17) is 4.74 Å². The van der Waals surface area contributed by atoms with Crippen LogP contribution in [-0.2, 0) is 16.1 Å². The number of amides is 1. The molecule has 24 heavy (non-hydrogen) atoms. The molecule has 0 atom stereocenters. The van der Waals surface area contributed by atoms with E-state index in [1.165, 1.54) is 22.7 Å². The van der Waals surface area contributed by atoms with Crippen molar-refractivity contribution in [1.82, 2.24) is 10.3 Å². The fraction of sp³-hybridized carbons (Fsp3) is 0.118. The number of hydrogen-bond donors (Lipinski definition) is 1. The number of aromatic nitrogens is 1. The molecule has 1 aromatic carbocycles. The number of thiazole rings is 1. The summed E-state index contributed by atoms with van der Waals surface area (Å²) >= 11 is 2.82. The number of thiophene rings is 1. The van der Waals surface area contributed by atoms with Crippen LogP contribution in [0.15, 0.2) is 53.2 Å². The molecular formula is C17H14N2O3S2. The van der Waals surface area contributed by atoms with E-state index in [2.05, 4.69) is 10.3 Å². The molecule has 0 aliphatic rings. The predicted octanol–water partition coefficient (Wildman–Crippen LogP) is 3.34. The van der Waals surface area contributed by atoms with Gasteiger partial charge < -0.3 is 10.1 Å². The van der Waals surface area contributed by atoms with Crippen LogP contribution >= 0.6 is 22.7 Å². The van der Waals surface area contributed by atoms with E-state index >= 15 is 0 Å². The van der Waals surface area contributed by atoms with Crippen molar-refractivity contribution < 1.29 is 14.3 Å². The molecule has 0 aliphatic carbocycles. The van der Waals surface area contributed by atoms with Crippen LogP contribution in [0.4, 0.5) is 0 Å². The van der Waals surface area contributed by atoms with Gasteiger partial charge in [0.1, 0.15) is 18.2 Å². The summed E-state index contributed by atoms with van der Waals surface area (Å²) in [6, 6.07) is 13.3. The first-order valence-corrected chi connectivity index (χ1v) is 8.95. The maximum Gasteiger partial charge on any atom is 0.325 e. The van der Waals surface area contributed by atoms with Crippen molar-refractivity contribution in [2.75, 3.05) is 6.54 Å². The highest BCUT2D eigenvalue weighted by Crippen LogP contribution is 2.23. The second kappa shape index (κ2) is 7.85. The molecule has 0 saturated carbocycles. The van der Waals surface area contributed by atoms with Crippen LogP contribution in [0.2, 0.25) is 0 Å². The number of nitrogens with one attached hydrogen (secondary N) is 1. The van der Waals surface area contributed by atoms with Crippen LogP contribution < -0.4 is 5.32 Å². The van der Waals surface area contributed by atoms with E-state index < -0.39 is 5.97 Å². The zero-order valence-corrected chi connectivity index (χ0v) is 14.2. The predicted molar refractivity (Wildman–Crippen MR) is 94.0 cm³/mol. The Labute approximate surface area is 146 Å². The number of carbonyl (C=O) groups is 2. The molecule has 0 unspecified atom stereocenters. The van der Waals surface area contributed by atoms with Crippen molar-refractivity contribution in [3.63, 3.8) is 0 Å². The van der Waals surface area contributed by atoms with Crippen molar-refractivity contribution in [1.29, 1.82) is 0 Å². The molecule has 3 aromatic rings. The summed E-state index contributed by atoms with van der Waals surface area (Å²) in [5.41, 5.74) is 1.72. The SMILES string of the molecule is O=C(CNC(=O)c1cccs1)OCc1csc(-c2ccccc2)n1. The highest BCUT2D eigenvalue weighted by atomic mass is 32.1.